The molecule has 2 rings (SSSR count). The quantitative estimate of drug-likeness (QED) is 0.731. The number of aromatic amines is 1. The van der Waals surface area contributed by atoms with Gasteiger partial charge in [0.05, 0.1) is 11.2 Å². The van der Waals surface area contributed by atoms with Crippen LogP contribution in [0.25, 0.3) is 10.9 Å². The van der Waals surface area contributed by atoms with E-state index in [1.54, 1.807) is 0 Å². The van der Waals surface area contributed by atoms with Gasteiger partial charge in [-0.2, -0.15) is 0 Å². The number of carbonyl (C=O) groups excluding carboxylic acids is 1. The van der Waals surface area contributed by atoms with Crippen LogP contribution in [-0.4, -0.2) is 16.9 Å². The van der Waals surface area contributed by atoms with E-state index in [-0.39, 0.29) is 11.9 Å². The van der Waals surface area contributed by atoms with Crippen molar-refractivity contribution in [2.24, 2.45) is 5.92 Å². The van der Waals surface area contributed by atoms with E-state index in [0.29, 0.717) is 17.3 Å². The van der Waals surface area contributed by atoms with Crippen molar-refractivity contribution in [3.63, 3.8) is 0 Å². The van der Waals surface area contributed by atoms with E-state index in [1.807, 2.05) is 31.2 Å². The van der Waals surface area contributed by atoms with Gasteiger partial charge in [-0.05, 0) is 31.4 Å². The van der Waals surface area contributed by atoms with Crippen LogP contribution in [-0.2, 0) is 0 Å². The number of fused-ring (bicyclic) bond motifs is 1. The molecule has 2 unspecified atom stereocenters. The van der Waals surface area contributed by atoms with Gasteiger partial charge >= 0.3 is 0 Å². The zero-order valence-electron chi connectivity index (χ0n) is 12.4. The van der Waals surface area contributed by atoms with Crippen LogP contribution in [0.5, 0.6) is 0 Å². The van der Waals surface area contributed by atoms with Crippen LogP contribution in [0, 0.1) is 5.92 Å². The molecule has 0 fully saturated rings. The topological polar surface area (TPSA) is 70.9 Å². The van der Waals surface area contributed by atoms with Gasteiger partial charge in [0.15, 0.2) is 0 Å². The molecule has 20 heavy (non-hydrogen) atoms. The number of aromatic nitrogens is 1. The Bertz CT molecular complexity index is 603. The van der Waals surface area contributed by atoms with Crippen LogP contribution in [0.3, 0.4) is 0 Å². The summed E-state index contributed by atoms with van der Waals surface area (Å²) in [7, 11) is 0. The molecule has 0 radical (unpaired) electrons. The second-order valence-electron chi connectivity index (χ2n) is 5.62. The first-order valence-electron chi connectivity index (χ1n) is 7.19. The predicted octanol–water partition coefficient (Wildman–Crippen LogP) is 3.30. The molecular weight excluding hydrogens is 250 g/mol. The molecule has 4 nitrogen and oxygen atoms in total. The molecular formula is C16H23N3O. The van der Waals surface area contributed by atoms with Gasteiger partial charge in [-0.3, -0.25) is 4.79 Å². The molecule has 4 heteroatoms. The number of para-hydroxylation sites is 1. The van der Waals surface area contributed by atoms with Gasteiger partial charge in [0.25, 0.3) is 5.91 Å². The molecule has 0 spiro atoms. The molecule has 108 valence electrons. The molecule has 4 N–H and O–H groups in total. The first kappa shape index (κ1) is 14.4. The summed E-state index contributed by atoms with van der Waals surface area (Å²) >= 11 is 0. The van der Waals surface area contributed by atoms with Crippen LogP contribution in [0.1, 0.15) is 44.1 Å². The number of H-pyrrole nitrogens is 1. The maximum Gasteiger partial charge on any atom is 0.267 e. The summed E-state index contributed by atoms with van der Waals surface area (Å²) in [4.78, 5) is 15.3. The van der Waals surface area contributed by atoms with Gasteiger partial charge in [-0.1, -0.05) is 32.4 Å². The van der Waals surface area contributed by atoms with E-state index >= 15 is 0 Å². The van der Waals surface area contributed by atoms with Crippen LogP contribution >= 0.6 is 0 Å². The Morgan fingerprint density at radius 3 is 2.80 bits per heavy atom. The highest BCUT2D eigenvalue weighted by Gasteiger charge is 2.14. The molecule has 1 aromatic carbocycles. The van der Waals surface area contributed by atoms with Crippen molar-refractivity contribution in [1.82, 2.24) is 10.3 Å². The zero-order valence-corrected chi connectivity index (χ0v) is 12.4. The van der Waals surface area contributed by atoms with Crippen molar-refractivity contribution in [1.29, 1.82) is 0 Å². The molecule has 0 saturated heterocycles. The van der Waals surface area contributed by atoms with Gasteiger partial charge in [0.2, 0.25) is 0 Å². The molecule has 0 bridgehead atoms. The zero-order chi connectivity index (χ0) is 14.7. The van der Waals surface area contributed by atoms with E-state index in [9.17, 15) is 4.79 Å². The Kier molecular flexibility index (Phi) is 4.32. The molecule has 1 amide bonds. The standard InChI is InChI=1S/C16H23N3O/c1-4-10(2)8-11(3)18-16(20)14-9-12-6-5-7-13(17)15(12)19-14/h5-7,9-11,19H,4,8,17H2,1-3H3,(H,18,20). The van der Waals surface area contributed by atoms with Gasteiger partial charge < -0.3 is 16.0 Å². The van der Waals surface area contributed by atoms with E-state index < -0.39 is 0 Å². The van der Waals surface area contributed by atoms with Crippen molar-refractivity contribution in [2.45, 2.75) is 39.7 Å². The molecule has 0 aliphatic carbocycles. The van der Waals surface area contributed by atoms with Crippen molar-refractivity contribution >= 4 is 22.5 Å². The Morgan fingerprint density at radius 1 is 1.40 bits per heavy atom. The highest BCUT2D eigenvalue weighted by atomic mass is 16.1. The number of hydrogen-bond donors (Lipinski definition) is 3. The van der Waals surface area contributed by atoms with Gasteiger partial charge in [0.1, 0.15) is 5.69 Å². The molecule has 1 heterocycles. The second kappa shape index (κ2) is 5.99. The third-order valence-electron chi connectivity index (χ3n) is 3.76. The van der Waals surface area contributed by atoms with Crippen LogP contribution in [0.4, 0.5) is 5.69 Å². The highest BCUT2D eigenvalue weighted by Crippen LogP contribution is 2.21. The highest BCUT2D eigenvalue weighted by molar-refractivity contribution is 6.00. The lowest BCUT2D eigenvalue weighted by atomic mass is 10.0. The lowest BCUT2D eigenvalue weighted by molar-refractivity contribution is 0.0931. The van der Waals surface area contributed by atoms with Crippen LogP contribution in [0.2, 0.25) is 0 Å². The Balaban J connectivity index is 2.09. The van der Waals surface area contributed by atoms with E-state index in [2.05, 4.69) is 24.1 Å². The maximum atomic E-state index is 12.2. The summed E-state index contributed by atoms with van der Waals surface area (Å²) in [5.41, 5.74) is 7.94. The number of anilines is 1. The number of nitrogens with two attached hydrogens (primary N) is 1. The maximum absolute atomic E-state index is 12.2. The van der Waals surface area contributed by atoms with Crippen molar-refractivity contribution in [3.8, 4) is 0 Å². The molecule has 2 aromatic rings. The summed E-state index contributed by atoms with van der Waals surface area (Å²) in [5.74, 6) is 0.542. The fourth-order valence-electron chi connectivity index (χ4n) is 2.43. The van der Waals surface area contributed by atoms with Gasteiger partial charge in [0, 0.05) is 11.4 Å². The normalized spacial score (nSPS) is 14.2. The van der Waals surface area contributed by atoms with Crippen LogP contribution < -0.4 is 11.1 Å². The first-order chi connectivity index (χ1) is 9.51. The lowest BCUT2D eigenvalue weighted by Gasteiger charge is -2.17. The van der Waals surface area contributed by atoms with Gasteiger partial charge in [-0.15, -0.1) is 0 Å². The minimum Gasteiger partial charge on any atom is -0.397 e. The van der Waals surface area contributed by atoms with Crippen molar-refractivity contribution in [3.05, 3.63) is 30.0 Å². The van der Waals surface area contributed by atoms with E-state index in [0.717, 1.165) is 23.7 Å². The summed E-state index contributed by atoms with van der Waals surface area (Å²) in [6.45, 7) is 6.41. The first-order valence-corrected chi connectivity index (χ1v) is 7.19. The second-order valence-corrected chi connectivity index (χ2v) is 5.62. The molecule has 1 aromatic heterocycles. The number of amides is 1. The Morgan fingerprint density at radius 2 is 2.15 bits per heavy atom. The summed E-state index contributed by atoms with van der Waals surface area (Å²) in [6.07, 6.45) is 2.12. The minimum absolute atomic E-state index is 0.0728. The molecule has 0 saturated carbocycles. The number of hydrogen-bond acceptors (Lipinski definition) is 2. The number of nitrogen functional groups attached to an aromatic ring is 1. The summed E-state index contributed by atoms with van der Waals surface area (Å²) in [6, 6.07) is 7.67. The van der Waals surface area contributed by atoms with Gasteiger partial charge in [-0.25, -0.2) is 0 Å². The monoisotopic (exact) mass is 273 g/mol. The third kappa shape index (κ3) is 3.13. The summed E-state index contributed by atoms with van der Waals surface area (Å²) in [5, 5.41) is 3.99. The number of carbonyl (C=O) groups is 1. The summed E-state index contributed by atoms with van der Waals surface area (Å²) < 4.78 is 0. The molecule has 0 aliphatic rings. The van der Waals surface area contributed by atoms with Crippen molar-refractivity contribution in [2.75, 3.05) is 5.73 Å². The fourth-order valence-corrected chi connectivity index (χ4v) is 2.43. The minimum atomic E-state index is -0.0728. The van der Waals surface area contributed by atoms with Crippen molar-refractivity contribution < 1.29 is 4.79 Å². The number of rotatable bonds is 5. The average molecular weight is 273 g/mol. The van der Waals surface area contributed by atoms with E-state index in [4.69, 9.17) is 5.73 Å². The molecule has 2 atom stereocenters. The number of benzene rings is 1. The van der Waals surface area contributed by atoms with Crippen LogP contribution in [0.15, 0.2) is 24.3 Å². The Labute approximate surface area is 119 Å². The predicted molar refractivity (Wildman–Crippen MR) is 83.7 cm³/mol. The number of nitrogens with one attached hydrogen (secondary N) is 2. The SMILES string of the molecule is CCC(C)CC(C)NC(=O)c1cc2cccc(N)c2[nH]1. The Hall–Kier alpha value is -1.97. The smallest absolute Gasteiger partial charge is 0.267 e. The van der Waals surface area contributed by atoms with E-state index in [1.165, 1.54) is 0 Å². The third-order valence-corrected chi connectivity index (χ3v) is 3.76. The molecule has 0 aliphatic heterocycles. The fraction of sp³-hybridized carbons (Fsp3) is 0.438. The largest absolute Gasteiger partial charge is 0.397 e. The average Bonchev–Trinajstić information content (AvgIpc) is 2.84. The lowest BCUT2D eigenvalue weighted by Crippen LogP contribution is -2.33.